The summed E-state index contributed by atoms with van der Waals surface area (Å²) < 4.78 is 1.06. The highest BCUT2D eigenvalue weighted by Gasteiger charge is 2.07. The molecule has 0 aliphatic carbocycles. The number of carbonyl (C=O) groups excluding carboxylic acids is 1. The third-order valence-corrected chi connectivity index (χ3v) is 4.53. The molecule has 0 N–H and O–H groups in total. The highest BCUT2D eigenvalue weighted by Crippen LogP contribution is 2.20. The van der Waals surface area contributed by atoms with Gasteiger partial charge >= 0.3 is 0 Å². The van der Waals surface area contributed by atoms with E-state index in [4.69, 9.17) is 0 Å². The van der Waals surface area contributed by atoms with Gasteiger partial charge in [0.2, 0.25) is 5.91 Å². The summed E-state index contributed by atoms with van der Waals surface area (Å²) in [6.45, 7) is 2.67. The monoisotopic (exact) mass is 349 g/mol. The lowest BCUT2D eigenvalue weighted by Crippen LogP contribution is -2.23. The predicted molar refractivity (Wildman–Crippen MR) is 88.7 cm³/mol. The Morgan fingerprint density at radius 3 is 2.85 bits per heavy atom. The van der Waals surface area contributed by atoms with Crippen molar-refractivity contribution in [2.45, 2.75) is 13.5 Å². The van der Waals surface area contributed by atoms with Gasteiger partial charge in [-0.3, -0.25) is 4.79 Å². The lowest BCUT2D eigenvalue weighted by molar-refractivity contribution is -0.125. The summed E-state index contributed by atoms with van der Waals surface area (Å²) in [7, 11) is 1.82. The molecule has 1 aromatic carbocycles. The van der Waals surface area contributed by atoms with Crippen molar-refractivity contribution in [3.63, 3.8) is 0 Å². The molecule has 0 aliphatic heterocycles. The number of halogens is 1. The largest absolute Gasteiger partial charge is 0.337 e. The summed E-state index contributed by atoms with van der Waals surface area (Å²) in [5.41, 5.74) is 2.24. The molecule has 2 rings (SSSR count). The average Bonchev–Trinajstić information content (AvgIpc) is 2.81. The number of likely N-dealkylation sites (N-methyl/N-ethyl adjacent to an activating group) is 1. The van der Waals surface area contributed by atoms with Gasteiger partial charge in [-0.2, -0.15) is 0 Å². The number of hydrogen-bond donors (Lipinski definition) is 0. The Morgan fingerprint density at radius 1 is 1.40 bits per heavy atom. The van der Waals surface area contributed by atoms with E-state index >= 15 is 0 Å². The molecule has 2 nitrogen and oxygen atoms in total. The van der Waals surface area contributed by atoms with Crippen molar-refractivity contribution in [1.82, 2.24) is 4.90 Å². The number of amides is 1. The molecule has 4 heteroatoms. The maximum Gasteiger partial charge on any atom is 0.246 e. The van der Waals surface area contributed by atoms with E-state index in [0.29, 0.717) is 6.54 Å². The van der Waals surface area contributed by atoms with Crippen molar-refractivity contribution in [2.24, 2.45) is 0 Å². The molecule has 0 radical (unpaired) electrons. The minimum atomic E-state index is 0.0102. The first kappa shape index (κ1) is 15.0. The SMILES string of the molecule is Cc1cccc(C=CC(=O)N(C)Cc2cc(Br)cs2)c1. The van der Waals surface area contributed by atoms with Gasteiger partial charge < -0.3 is 4.90 Å². The van der Waals surface area contributed by atoms with Gasteiger partial charge in [0.1, 0.15) is 0 Å². The van der Waals surface area contributed by atoms with Crippen molar-refractivity contribution < 1.29 is 4.79 Å². The lowest BCUT2D eigenvalue weighted by Gasteiger charge is -2.13. The second kappa shape index (κ2) is 6.86. The van der Waals surface area contributed by atoms with Crippen LogP contribution in [0, 0.1) is 6.92 Å². The highest BCUT2D eigenvalue weighted by molar-refractivity contribution is 9.10. The van der Waals surface area contributed by atoms with E-state index < -0.39 is 0 Å². The van der Waals surface area contributed by atoms with Gasteiger partial charge in [0.15, 0.2) is 0 Å². The number of aryl methyl sites for hydroxylation is 1. The number of carbonyl (C=O) groups is 1. The zero-order chi connectivity index (χ0) is 14.5. The minimum Gasteiger partial charge on any atom is -0.337 e. The molecule has 2 aromatic rings. The van der Waals surface area contributed by atoms with E-state index in [0.717, 1.165) is 14.9 Å². The van der Waals surface area contributed by atoms with Gasteiger partial charge in [-0.25, -0.2) is 0 Å². The number of rotatable bonds is 4. The minimum absolute atomic E-state index is 0.0102. The van der Waals surface area contributed by atoms with Crippen molar-refractivity contribution in [3.8, 4) is 0 Å². The fraction of sp³-hybridized carbons (Fsp3) is 0.188. The first-order valence-electron chi connectivity index (χ1n) is 6.27. The Balaban J connectivity index is 1.97. The number of thiophene rings is 1. The summed E-state index contributed by atoms with van der Waals surface area (Å²) in [6.07, 6.45) is 3.48. The predicted octanol–water partition coefficient (Wildman–Crippen LogP) is 4.49. The van der Waals surface area contributed by atoms with Crippen LogP contribution in [0.3, 0.4) is 0 Å². The van der Waals surface area contributed by atoms with Gasteiger partial charge in [-0.1, -0.05) is 29.8 Å². The third-order valence-electron chi connectivity index (χ3n) is 2.85. The standard InChI is InChI=1S/C16H16BrNOS/c1-12-4-3-5-13(8-12)6-7-16(19)18(2)10-15-9-14(17)11-20-15/h3-9,11H,10H2,1-2H3. The Bertz CT molecular complexity index is 633. The van der Waals surface area contributed by atoms with Crippen molar-refractivity contribution >= 4 is 39.2 Å². The van der Waals surface area contributed by atoms with Crippen LogP contribution in [-0.4, -0.2) is 17.9 Å². The molecule has 0 saturated carbocycles. The summed E-state index contributed by atoms with van der Waals surface area (Å²) >= 11 is 5.07. The van der Waals surface area contributed by atoms with Gasteiger partial charge in [0.25, 0.3) is 0 Å². The van der Waals surface area contributed by atoms with E-state index in [9.17, 15) is 4.79 Å². The zero-order valence-electron chi connectivity index (χ0n) is 11.5. The molecule has 1 heterocycles. The molecule has 0 unspecified atom stereocenters. The Morgan fingerprint density at radius 2 is 2.20 bits per heavy atom. The smallest absolute Gasteiger partial charge is 0.246 e. The van der Waals surface area contributed by atoms with Crippen LogP contribution in [0.4, 0.5) is 0 Å². The van der Waals surface area contributed by atoms with Crippen LogP contribution in [0.2, 0.25) is 0 Å². The molecule has 0 bridgehead atoms. The van der Waals surface area contributed by atoms with Crippen LogP contribution >= 0.6 is 27.3 Å². The van der Waals surface area contributed by atoms with Crippen LogP contribution in [0.1, 0.15) is 16.0 Å². The van der Waals surface area contributed by atoms with E-state index in [1.165, 1.54) is 5.56 Å². The van der Waals surface area contributed by atoms with E-state index in [1.54, 1.807) is 22.3 Å². The second-order valence-corrected chi connectivity index (χ2v) is 6.58. The fourth-order valence-electron chi connectivity index (χ4n) is 1.82. The van der Waals surface area contributed by atoms with Crippen LogP contribution in [0.25, 0.3) is 6.08 Å². The molecule has 0 atom stereocenters. The van der Waals surface area contributed by atoms with Gasteiger partial charge in [-0.05, 0) is 40.6 Å². The van der Waals surface area contributed by atoms with Crippen molar-refractivity contribution in [1.29, 1.82) is 0 Å². The number of benzene rings is 1. The van der Waals surface area contributed by atoms with Gasteiger partial charge in [0, 0.05) is 27.9 Å². The lowest BCUT2D eigenvalue weighted by atomic mass is 10.1. The van der Waals surface area contributed by atoms with Crippen LogP contribution < -0.4 is 0 Å². The summed E-state index contributed by atoms with van der Waals surface area (Å²) in [6, 6.07) is 10.1. The van der Waals surface area contributed by atoms with Crippen LogP contribution in [0.15, 0.2) is 46.3 Å². The first-order chi connectivity index (χ1) is 9.54. The quantitative estimate of drug-likeness (QED) is 0.744. The Hall–Kier alpha value is -1.39. The Labute approximate surface area is 131 Å². The topological polar surface area (TPSA) is 20.3 Å². The summed E-state index contributed by atoms with van der Waals surface area (Å²) in [5, 5.41) is 2.02. The first-order valence-corrected chi connectivity index (χ1v) is 7.94. The second-order valence-electron chi connectivity index (χ2n) is 4.67. The molecule has 0 saturated heterocycles. The number of nitrogens with zero attached hydrogens (tertiary/aromatic N) is 1. The summed E-state index contributed by atoms with van der Waals surface area (Å²) in [4.78, 5) is 14.9. The van der Waals surface area contributed by atoms with E-state index in [1.807, 2.05) is 49.7 Å². The number of hydrogen-bond acceptors (Lipinski definition) is 2. The zero-order valence-corrected chi connectivity index (χ0v) is 13.9. The normalized spacial score (nSPS) is 10.9. The Kier molecular flexibility index (Phi) is 5.15. The fourth-order valence-corrected chi connectivity index (χ4v) is 3.32. The van der Waals surface area contributed by atoms with Crippen molar-refractivity contribution in [3.05, 3.63) is 62.3 Å². The molecule has 0 aliphatic rings. The van der Waals surface area contributed by atoms with E-state index in [-0.39, 0.29) is 5.91 Å². The molecule has 0 spiro atoms. The average molecular weight is 350 g/mol. The molecule has 104 valence electrons. The molecular weight excluding hydrogens is 334 g/mol. The molecule has 20 heavy (non-hydrogen) atoms. The maximum atomic E-state index is 12.0. The highest BCUT2D eigenvalue weighted by atomic mass is 79.9. The molecule has 1 aromatic heterocycles. The third kappa shape index (κ3) is 4.32. The molecule has 1 amide bonds. The summed E-state index contributed by atoms with van der Waals surface area (Å²) in [5.74, 6) is 0.0102. The van der Waals surface area contributed by atoms with Crippen LogP contribution in [-0.2, 0) is 11.3 Å². The van der Waals surface area contributed by atoms with E-state index in [2.05, 4.69) is 22.0 Å². The van der Waals surface area contributed by atoms with Crippen LogP contribution in [0.5, 0.6) is 0 Å². The van der Waals surface area contributed by atoms with Gasteiger partial charge in [0.05, 0.1) is 6.54 Å². The van der Waals surface area contributed by atoms with Crippen molar-refractivity contribution in [2.75, 3.05) is 7.05 Å². The van der Waals surface area contributed by atoms with Gasteiger partial charge in [-0.15, -0.1) is 11.3 Å². The molecular formula is C16H16BrNOS. The molecule has 0 fully saturated rings. The maximum absolute atomic E-state index is 12.0.